The lowest BCUT2D eigenvalue weighted by molar-refractivity contribution is -0.119. The van der Waals surface area contributed by atoms with Crippen molar-refractivity contribution in [2.75, 3.05) is 0 Å². The standard InChI is InChI=1S/C26H25ClN4O4S/c1-13-28-22(18-5-7-36-24(18)29-13)20-10-19(20)17-3-2-14(8-21(17)27)23(33)30-15-9-16-4-6-26(11-15,12-32)31(16)25(34)35/h2-3,5,7-8,12,15-16,19-20H,4,6,9-11H2,1H3,(H,30,33)(H,34,35). The summed E-state index contributed by atoms with van der Waals surface area (Å²) in [5.41, 5.74) is 1.47. The lowest BCUT2D eigenvalue weighted by atomic mass is 9.86. The highest BCUT2D eigenvalue weighted by Crippen LogP contribution is 2.57. The Morgan fingerprint density at radius 2 is 2.08 bits per heavy atom. The molecule has 2 aliphatic heterocycles. The van der Waals surface area contributed by atoms with Crippen LogP contribution in [0.2, 0.25) is 5.02 Å². The van der Waals surface area contributed by atoms with Gasteiger partial charge in [0.25, 0.3) is 5.91 Å². The van der Waals surface area contributed by atoms with Gasteiger partial charge < -0.3 is 15.2 Å². The average molecular weight is 525 g/mol. The van der Waals surface area contributed by atoms with Crippen LogP contribution in [0.25, 0.3) is 10.2 Å². The fraction of sp³-hybridized carbons (Fsp3) is 0.423. The fourth-order valence-corrected chi connectivity index (χ4v) is 7.40. The number of halogens is 1. The minimum absolute atomic E-state index is 0.246. The SMILES string of the molecule is Cc1nc(C2CC2c2ccc(C(=O)NC3CC4CCC(C=O)(C3)N4C(=O)O)cc2Cl)c2ccsc2n1. The van der Waals surface area contributed by atoms with Crippen molar-refractivity contribution < 1.29 is 19.5 Å². The molecular formula is C26H25ClN4O4S. The first-order valence-corrected chi connectivity index (χ1v) is 13.4. The molecule has 186 valence electrons. The third-order valence-electron chi connectivity index (χ3n) is 7.94. The predicted molar refractivity (Wildman–Crippen MR) is 136 cm³/mol. The monoisotopic (exact) mass is 524 g/mol. The Morgan fingerprint density at radius 1 is 1.25 bits per heavy atom. The minimum atomic E-state index is -1.08. The van der Waals surface area contributed by atoms with Crippen molar-refractivity contribution in [3.63, 3.8) is 0 Å². The zero-order valence-electron chi connectivity index (χ0n) is 19.6. The Kier molecular flexibility index (Phi) is 5.53. The van der Waals surface area contributed by atoms with E-state index in [4.69, 9.17) is 16.6 Å². The van der Waals surface area contributed by atoms with Crippen LogP contribution in [0, 0.1) is 6.92 Å². The molecule has 2 N–H and O–H groups in total. The third-order valence-corrected chi connectivity index (χ3v) is 9.08. The Hall–Kier alpha value is -3.04. The molecule has 0 radical (unpaired) electrons. The largest absolute Gasteiger partial charge is 0.465 e. The van der Waals surface area contributed by atoms with E-state index in [0.717, 1.165) is 40.0 Å². The Bertz CT molecular complexity index is 1410. The number of benzene rings is 1. The molecule has 10 heteroatoms. The third kappa shape index (κ3) is 3.76. The number of aldehydes is 1. The maximum Gasteiger partial charge on any atom is 0.408 e. The maximum atomic E-state index is 13.0. The molecule has 5 unspecified atom stereocenters. The highest BCUT2D eigenvalue weighted by molar-refractivity contribution is 7.16. The van der Waals surface area contributed by atoms with E-state index >= 15 is 0 Å². The summed E-state index contributed by atoms with van der Waals surface area (Å²) in [6.45, 7) is 1.91. The topological polar surface area (TPSA) is 112 Å². The molecule has 2 saturated heterocycles. The smallest absolute Gasteiger partial charge is 0.408 e. The van der Waals surface area contributed by atoms with Gasteiger partial charge in [-0.05, 0) is 74.1 Å². The molecule has 2 bridgehead atoms. The van der Waals surface area contributed by atoms with Crippen LogP contribution >= 0.6 is 22.9 Å². The molecule has 2 aromatic heterocycles. The molecular weight excluding hydrogens is 500 g/mol. The summed E-state index contributed by atoms with van der Waals surface area (Å²) in [7, 11) is 0. The van der Waals surface area contributed by atoms with E-state index in [2.05, 4.69) is 16.4 Å². The van der Waals surface area contributed by atoms with Gasteiger partial charge in [0.2, 0.25) is 0 Å². The van der Waals surface area contributed by atoms with Crippen molar-refractivity contribution in [3.05, 3.63) is 57.3 Å². The second-order valence-electron chi connectivity index (χ2n) is 10.2. The van der Waals surface area contributed by atoms with Crippen LogP contribution in [0.5, 0.6) is 0 Å². The lowest BCUT2D eigenvalue weighted by Crippen LogP contribution is -2.60. The normalized spacial score (nSPS) is 28.8. The fourth-order valence-electron chi connectivity index (χ4n) is 6.26. The van der Waals surface area contributed by atoms with Gasteiger partial charge in [0.1, 0.15) is 22.5 Å². The number of rotatable bonds is 5. The number of hydrogen-bond donors (Lipinski definition) is 2. The van der Waals surface area contributed by atoms with Crippen LogP contribution in [0.4, 0.5) is 4.79 Å². The molecule has 36 heavy (non-hydrogen) atoms. The Labute approximate surface area is 216 Å². The number of carbonyl (C=O) groups is 3. The minimum Gasteiger partial charge on any atom is -0.465 e. The number of aromatic nitrogens is 2. The van der Waals surface area contributed by atoms with Gasteiger partial charge in [0.05, 0.1) is 5.69 Å². The van der Waals surface area contributed by atoms with Gasteiger partial charge in [0.15, 0.2) is 0 Å². The average Bonchev–Trinajstić information content (AvgIpc) is 3.40. The number of thiophene rings is 1. The van der Waals surface area contributed by atoms with Crippen molar-refractivity contribution >= 4 is 51.4 Å². The van der Waals surface area contributed by atoms with Gasteiger partial charge in [-0.15, -0.1) is 11.3 Å². The zero-order valence-corrected chi connectivity index (χ0v) is 21.2. The molecule has 1 aromatic carbocycles. The zero-order chi connectivity index (χ0) is 25.2. The molecule has 5 atom stereocenters. The first kappa shape index (κ1) is 23.4. The molecule has 3 aliphatic rings. The second-order valence-corrected chi connectivity index (χ2v) is 11.5. The van der Waals surface area contributed by atoms with Crippen molar-refractivity contribution in [2.45, 2.75) is 68.5 Å². The Morgan fingerprint density at radius 3 is 2.83 bits per heavy atom. The van der Waals surface area contributed by atoms with Crippen LogP contribution in [-0.2, 0) is 4.79 Å². The van der Waals surface area contributed by atoms with Gasteiger partial charge in [-0.25, -0.2) is 14.8 Å². The van der Waals surface area contributed by atoms with Crippen LogP contribution in [0.1, 0.15) is 71.4 Å². The Balaban J connectivity index is 1.16. The number of nitrogens with zero attached hydrogens (tertiary/aromatic N) is 3. The van der Waals surface area contributed by atoms with E-state index in [1.165, 1.54) is 4.90 Å². The second kappa shape index (κ2) is 8.52. The van der Waals surface area contributed by atoms with Gasteiger partial charge in [-0.1, -0.05) is 17.7 Å². The van der Waals surface area contributed by atoms with Crippen LogP contribution in [-0.4, -0.2) is 55.9 Å². The van der Waals surface area contributed by atoms with Gasteiger partial charge in [-0.3, -0.25) is 9.69 Å². The van der Waals surface area contributed by atoms with Gasteiger partial charge in [-0.2, -0.15) is 0 Å². The maximum absolute atomic E-state index is 13.0. The van der Waals surface area contributed by atoms with E-state index in [1.807, 2.05) is 18.4 Å². The number of aryl methyl sites for hydroxylation is 1. The molecule has 1 aliphatic carbocycles. The first-order chi connectivity index (χ1) is 17.3. The molecule has 1 saturated carbocycles. The number of nitrogens with one attached hydrogen (secondary N) is 1. The number of carboxylic acid groups (broad SMARTS) is 1. The van der Waals surface area contributed by atoms with Crippen LogP contribution < -0.4 is 5.32 Å². The summed E-state index contributed by atoms with van der Waals surface area (Å²) in [4.78, 5) is 48.1. The molecule has 0 spiro atoms. The summed E-state index contributed by atoms with van der Waals surface area (Å²) < 4.78 is 0. The van der Waals surface area contributed by atoms with E-state index in [-0.39, 0.29) is 36.2 Å². The van der Waals surface area contributed by atoms with E-state index in [0.29, 0.717) is 29.8 Å². The molecule has 2 amide bonds. The van der Waals surface area contributed by atoms with Gasteiger partial charge in [0, 0.05) is 34.0 Å². The van der Waals surface area contributed by atoms with E-state index in [9.17, 15) is 19.5 Å². The van der Waals surface area contributed by atoms with Crippen LogP contribution in [0.3, 0.4) is 0 Å². The molecule has 3 fully saturated rings. The molecule has 3 aromatic rings. The molecule has 6 rings (SSSR count). The predicted octanol–water partition coefficient (Wildman–Crippen LogP) is 4.90. The first-order valence-electron chi connectivity index (χ1n) is 12.1. The highest BCUT2D eigenvalue weighted by Gasteiger charge is 2.54. The van der Waals surface area contributed by atoms with Gasteiger partial charge >= 0.3 is 6.09 Å². The summed E-state index contributed by atoms with van der Waals surface area (Å²) >= 11 is 8.27. The van der Waals surface area contributed by atoms with Crippen molar-refractivity contribution in [2.24, 2.45) is 0 Å². The van der Waals surface area contributed by atoms with Crippen molar-refractivity contribution in [3.8, 4) is 0 Å². The molecule has 4 heterocycles. The van der Waals surface area contributed by atoms with E-state index < -0.39 is 11.6 Å². The summed E-state index contributed by atoms with van der Waals surface area (Å²) in [6.07, 6.45) is 2.52. The highest BCUT2D eigenvalue weighted by atomic mass is 35.5. The number of hydrogen-bond acceptors (Lipinski definition) is 6. The van der Waals surface area contributed by atoms with Crippen molar-refractivity contribution in [1.29, 1.82) is 0 Å². The molecule has 8 nitrogen and oxygen atoms in total. The quantitative estimate of drug-likeness (QED) is 0.459. The van der Waals surface area contributed by atoms with Crippen LogP contribution in [0.15, 0.2) is 29.6 Å². The van der Waals surface area contributed by atoms with Crippen molar-refractivity contribution in [1.82, 2.24) is 20.2 Å². The van der Waals surface area contributed by atoms with E-state index in [1.54, 1.807) is 23.5 Å². The number of piperidine rings is 1. The number of amides is 2. The summed E-state index contributed by atoms with van der Waals surface area (Å²) in [5.74, 6) is 1.02. The number of carbonyl (C=O) groups excluding carboxylic acids is 2. The number of fused-ring (bicyclic) bond motifs is 3. The lowest BCUT2D eigenvalue weighted by Gasteiger charge is -2.43. The summed E-state index contributed by atoms with van der Waals surface area (Å²) in [6, 6.07) is 6.94. The summed E-state index contributed by atoms with van der Waals surface area (Å²) in [5, 5.41) is 16.3.